The van der Waals surface area contributed by atoms with E-state index < -0.39 is 0 Å². The maximum absolute atomic E-state index is 5.82. The van der Waals surface area contributed by atoms with Crippen LogP contribution in [0.4, 0.5) is 0 Å². The van der Waals surface area contributed by atoms with Gasteiger partial charge in [0.2, 0.25) is 0 Å². The predicted octanol–water partition coefficient (Wildman–Crippen LogP) is 4.15. The van der Waals surface area contributed by atoms with Gasteiger partial charge < -0.3 is 4.74 Å². The molecule has 0 saturated carbocycles. The molecule has 0 spiro atoms. The summed E-state index contributed by atoms with van der Waals surface area (Å²) in [6, 6.07) is 21.5. The molecule has 0 bridgehead atoms. The Balaban J connectivity index is 1.62. The molecule has 0 N–H and O–H groups in total. The Morgan fingerprint density at radius 1 is 0.833 bits per heavy atom. The SMILES string of the molecule is CCc1nnc2ccc(-c3ccc(Oc4ccccc4)cc3)nn12. The fourth-order valence-electron chi connectivity index (χ4n) is 2.53. The van der Waals surface area contributed by atoms with Crippen molar-refractivity contribution in [2.24, 2.45) is 0 Å². The highest BCUT2D eigenvalue weighted by Crippen LogP contribution is 2.25. The smallest absolute Gasteiger partial charge is 0.177 e. The number of benzene rings is 2. The van der Waals surface area contributed by atoms with Crippen molar-refractivity contribution in [2.75, 3.05) is 0 Å². The minimum Gasteiger partial charge on any atom is -0.457 e. The van der Waals surface area contributed by atoms with E-state index in [0.29, 0.717) is 0 Å². The summed E-state index contributed by atoms with van der Waals surface area (Å²) < 4.78 is 7.61. The first kappa shape index (κ1) is 14.4. The van der Waals surface area contributed by atoms with Crippen LogP contribution in [0, 0.1) is 0 Å². The van der Waals surface area contributed by atoms with Crippen molar-refractivity contribution < 1.29 is 4.74 Å². The van der Waals surface area contributed by atoms with Crippen molar-refractivity contribution in [2.45, 2.75) is 13.3 Å². The standard InChI is InChI=1S/C19H16N4O/c1-2-18-20-21-19-13-12-17(22-23(18)19)14-8-10-16(11-9-14)24-15-6-4-3-5-7-15/h3-13H,2H2,1H3. The highest BCUT2D eigenvalue weighted by molar-refractivity contribution is 5.61. The van der Waals surface area contributed by atoms with Crippen LogP contribution in [0.3, 0.4) is 0 Å². The Morgan fingerprint density at radius 3 is 2.33 bits per heavy atom. The number of fused-ring (bicyclic) bond motifs is 1. The number of rotatable bonds is 4. The molecule has 0 fully saturated rings. The van der Waals surface area contributed by atoms with Gasteiger partial charge in [-0.05, 0) is 48.5 Å². The zero-order valence-electron chi connectivity index (χ0n) is 13.3. The fourth-order valence-corrected chi connectivity index (χ4v) is 2.53. The summed E-state index contributed by atoms with van der Waals surface area (Å²) in [5.74, 6) is 2.47. The van der Waals surface area contributed by atoms with Crippen LogP contribution in [0.2, 0.25) is 0 Å². The summed E-state index contributed by atoms with van der Waals surface area (Å²) in [5, 5.41) is 12.9. The van der Waals surface area contributed by atoms with Crippen molar-refractivity contribution >= 4 is 5.65 Å². The maximum atomic E-state index is 5.82. The molecular weight excluding hydrogens is 300 g/mol. The van der Waals surface area contributed by atoms with E-state index in [1.165, 1.54) is 0 Å². The number of para-hydroxylation sites is 1. The van der Waals surface area contributed by atoms with E-state index in [-0.39, 0.29) is 0 Å². The minimum absolute atomic E-state index is 0.764. The van der Waals surface area contributed by atoms with E-state index in [1.54, 1.807) is 4.52 Å². The van der Waals surface area contributed by atoms with Crippen molar-refractivity contribution in [3.8, 4) is 22.8 Å². The summed E-state index contributed by atoms with van der Waals surface area (Å²) in [6.07, 6.45) is 0.793. The molecule has 4 rings (SSSR count). The van der Waals surface area contributed by atoms with E-state index in [1.807, 2.05) is 73.7 Å². The van der Waals surface area contributed by atoms with Gasteiger partial charge in [0.1, 0.15) is 11.5 Å². The lowest BCUT2D eigenvalue weighted by molar-refractivity contribution is 0.483. The van der Waals surface area contributed by atoms with Gasteiger partial charge >= 0.3 is 0 Å². The molecule has 0 saturated heterocycles. The van der Waals surface area contributed by atoms with Gasteiger partial charge in [0.15, 0.2) is 11.5 Å². The Hall–Kier alpha value is -3.21. The molecule has 4 aromatic rings. The molecule has 0 atom stereocenters. The highest BCUT2D eigenvalue weighted by Gasteiger charge is 2.07. The Kier molecular flexibility index (Phi) is 3.67. The minimum atomic E-state index is 0.764. The van der Waals surface area contributed by atoms with Gasteiger partial charge in [0.05, 0.1) is 5.69 Å². The summed E-state index contributed by atoms with van der Waals surface area (Å²) >= 11 is 0. The normalized spacial score (nSPS) is 10.9. The second kappa shape index (κ2) is 6.12. The summed E-state index contributed by atoms with van der Waals surface area (Å²) in [4.78, 5) is 0. The van der Waals surface area contributed by atoms with E-state index in [2.05, 4.69) is 15.3 Å². The molecule has 24 heavy (non-hydrogen) atoms. The lowest BCUT2D eigenvalue weighted by atomic mass is 10.1. The van der Waals surface area contributed by atoms with Crippen molar-refractivity contribution in [1.82, 2.24) is 19.8 Å². The molecule has 0 unspecified atom stereocenters. The number of aromatic nitrogens is 4. The first-order chi connectivity index (χ1) is 11.8. The number of ether oxygens (including phenoxy) is 1. The molecule has 2 heterocycles. The Bertz CT molecular complexity index is 962. The van der Waals surface area contributed by atoms with Crippen LogP contribution in [-0.2, 0) is 6.42 Å². The molecule has 2 aromatic carbocycles. The van der Waals surface area contributed by atoms with Crippen LogP contribution in [0.1, 0.15) is 12.7 Å². The predicted molar refractivity (Wildman–Crippen MR) is 92.1 cm³/mol. The van der Waals surface area contributed by atoms with Gasteiger partial charge in [-0.25, -0.2) is 0 Å². The molecule has 0 amide bonds. The maximum Gasteiger partial charge on any atom is 0.177 e. The molecule has 118 valence electrons. The van der Waals surface area contributed by atoms with Crippen molar-refractivity contribution in [1.29, 1.82) is 0 Å². The van der Waals surface area contributed by atoms with Gasteiger partial charge in [-0.3, -0.25) is 0 Å². The topological polar surface area (TPSA) is 52.3 Å². The average Bonchev–Trinajstić information content (AvgIpc) is 3.05. The van der Waals surface area contributed by atoms with Crippen molar-refractivity contribution in [3.63, 3.8) is 0 Å². The van der Waals surface area contributed by atoms with Crippen LogP contribution in [-0.4, -0.2) is 19.8 Å². The highest BCUT2D eigenvalue weighted by atomic mass is 16.5. The van der Waals surface area contributed by atoms with Crippen LogP contribution >= 0.6 is 0 Å². The third kappa shape index (κ3) is 2.72. The molecule has 0 aliphatic heterocycles. The van der Waals surface area contributed by atoms with Gasteiger partial charge in [-0.2, -0.15) is 9.61 Å². The molecule has 2 aromatic heterocycles. The van der Waals surface area contributed by atoms with Crippen LogP contribution in [0.15, 0.2) is 66.7 Å². The molecule has 0 radical (unpaired) electrons. The van der Waals surface area contributed by atoms with Gasteiger partial charge in [-0.1, -0.05) is 25.1 Å². The van der Waals surface area contributed by atoms with E-state index in [4.69, 9.17) is 4.74 Å². The zero-order chi connectivity index (χ0) is 16.4. The Labute approximate surface area is 139 Å². The monoisotopic (exact) mass is 316 g/mol. The van der Waals surface area contributed by atoms with E-state index >= 15 is 0 Å². The number of hydrogen-bond acceptors (Lipinski definition) is 4. The molecular formula is C19H16N4O. The second-order valence-electron chi connectivity index (χ2n) is 5.40. The summed E-state index contributed by atoms with van der Waals surface area (Å²) in [7, 11) is 0. The third-order valence-electron chi connectivity index (χ3n) is 3.77. The van der Waals surface area contributed by atoms with E-state index in [9.17, 15) is 0 Å². The molecule has 5 heteroatoms. The van der Waals surface area contributed by atoms with Crippen LogP contribution in [0.5, 0.6) is 11.5 Å². The molecule has 0 aliphatic carbocycles. The van der Waals surface area contributed by atoms with Gasteiger partial charge in [-0.15, -0.1) is 10.2 Å². The number of nitrogens with zero attached hydrogens (tertiary/aromatic N) is 4. The lowest BCUT2D eigenvalue weighted by Gasteiger charge is -2.07. The summed E-state index contributed by atoms with van der Waals surface area (Å²) in [5.41, 5.74) is 2.66. The fraction of sp³-hybridized carbons (Fsp3) is 0.105. The van der Waals surface area contributed by atoms with E-state index in [0.717, 1.165) is 40.6 Å². The summed E-state index contributed by atoms with van der Waals surface area (Å²) in [6.45, 7) is 2.04. The number of aryl methyl sites for hydroxylation is 1. The first-order valence-corrected chi connectivity index (χ1v) is 7.88. The number of hydrogen-bond donors (Lipinski definition) is 0. The Morgan fingerprint density at radius 2 is 1.58 bits per heavy atom. The largest absolute Gasteiger partial charge is 0.457 e. The van der Waals surface area contributed by atoms with Gasteiger partial charge in [0, 0.05) is 12.0 Å². The molecule has 0 aliphatic rings. The first-order valence-electron chi connectivity index (χ1n) is 7.88. The second-order valence-corrected chi connectivity index (χ2v) is 5.40. The van der Waals surface area contributed by atoms with Crippen LogP contribution < -0.4 is 4.74 Å². The average molecular weight is 316 g/mol. The lowest BCUT2D eigenvalue weighted by Crippen LogP contribution is -1.99. The quantitative estimate of drug-likeness (QED) is 0.567. The molecule has 5 nitrogen and oxygen atoms in total. The van der Waals surface area contributed by atoms with Gasteiger partial charge in [0.25, 0.3) is 0 Å². The zero-order valence-corrected chi connectivity index (χ0v) is 13.3. The third-order valence-corrected chi connectivity index (χ3v) is 3.77. The van der Waals surface area contributed by atoms with Crippen molar-refractivity contribution in [3.05, 3.63) is 72.6 Å². The van der Waals surface area contributed by atoms with Crippen LogP contribution in [0.25, 0.3) is 16.9 Å².